The molecule has 34 heavy (non-hydrogen) atoms. The Labute approximate surface area is 210 Å². The van der Waals surface area contributed by atoms with Crippen molar-refractivity contribution in [2.45, 2.75) is 47.9 Å². The van der Waals surface area contributed by atoms with Crippen LogP contribution < -0.4 is 5.32 Å². The molecule has 1 aromatic heterocycles. The van der Waals surface area contributed by atoms with E-state index in [1.165, 1.54) is 16.8 Å². The van der Waals surface area contributed by atoms with Crippen molar-refractivity contribution in [3.63, 3.8) is 0 Å². The molecule has 3 atom stereocenters. The second-order valence-electron chi connectivity index (χ2n) is 8.77. The summed E-state index contributed by atoms with van der Waals surface area (Å²) in [5.41, 5.74) is -1.12. The molecule has 188 valence electrons. The molecule has 1 N–H and O–H groups in total. The summed E-state index contributed by atoms with van der Waals surface area (Å²) in [6.45, 7) is 1.27. The lowest BCUT2D eigenvalue weighted by Gasteiger charge is -2.52. The van der Waals surface area contributed by atoms with Gasteiger partial charge in [0.15, 0.2) is 5.03 Å². The fraction of sp³-hybridized carbons (Fsp3) is 0.545. The summed E-state index contributed by atoms with van der Waals surface area (Å²) in [4.78, 5) is 18.8. The maximum atomic E-state index is 14.6. The van der Waals surface area contributed by atoms with Gasteiger partial charge in [-0.2, -0.15) is 4.31 Å². The van der Waals surface area contributed by atoms with E-state index in [9.17, 15) is 17.6 Å². The topological polar surface area (TPSA) is 87.5 Å². The van der Waals surface area contributed by atoms with Crippen molar-refractivity contribution in [1.29, 1.82) is 0 Å². The molecule has 2 fully saturated rings. The highest BCUT2D eigenvalue weighted by molar-refractivity contribution is 7.89. The Morgan fingerprint density at radius 2 is 1.91 bits per heavy atom. The van der Waals surface area contributed by atoms with E-state index in [4.69, 9.17) is 11.6 Å². The number of piperazine rings is 1. The van der Waals surface area contributed by atoms with Gasteiger partial charge in [-0.1, -0.05) is 29.8 Å². The SMILES string of the molecule is Cl.Cn1cnc(S(=O)(=O)N2CCN(C3(C(Cl)NC(=O)c4ccccc4)CCCC(F)C3)CC2)c1. The summed E-state index contributed by atoms with van der Waals surface area (Å²) in [5, 5.41) is 2.88. The maximum absolute atomic E-state index is 14.6. The summed E-state index contributed by atoms with van der Waals surface area (Å²) in [6, 6.07) is 8.77. The molecule has 3 unspecified atom stereocenters. The van der Waals surface area contributed by atoms with Gasteiger partial charge in [-0.25, -0.2) is 17.8 Å². The van der Waals surface area contributed by atoms with Crippen molar-refractivity contribution in [1.82, 2.24) is 24.1 Å². The average Bonchev–Trinajstić information content (AvgIpc) is 3.26. The number of aromatic nitrogens is 2. The quantitative estimate of drug-likeness (QED) is 0.455. The summed E-state index contributed by atoms with van der Waals surface area (Å²) < 4.78 is 43.5. The number of benzene rings is 1. The number of hydrogen-bond acceptors (Lipinski definition) is 5. The molecular weight excluding hydrogens is 504 g/mol. The Kier molecular flexibility index (Phi) is 8.62. The van der Waals surface area contributed by atoms with Gasteiger partial charge in [0, 0.05) is 51.4 Å². The Hall–Kier alpha value is -1.72. The Morgan fingerprint density at radius 1 is 1.24 bits per heavy atom. The number of carbonyl (C=O) groups excluding carboxylic acids is 1. The van der Waals surface area contributed by atoms with E-state index >= 15 is 0 Å². The lowest BCUT2D eigenvalue weighted by Crippen LogP contribution is -2.66. The Morgan fingerprint density at radius 3 is 2.50 bits per heavy atom. The van der Waals surface area contributed by atoms with E-state index in [1.807, 2.05) is 6.07 Å². The third kappa shape index (κ3) is 5.41. The third-order valence-corrected chi connectivity index (χ3v) is 8.92. The molecule has 1 amide bonds. The zero-order chi connectivity index (χ0) is 23.6. The van der Waals surface area contributed by atoms with Gasteiger partial charge in [0.05, 0.1) is 11.9 Å². The van der Waals surface area contributed by atoms with Gasteiger partial charge in [-0.05, 0) is 31.4 Å². The van der Waals surface area contributed by atoms with E-state index in [-0.39, 0.29) is 42.9 Å². The van der Waals surface area contributed by atoms with Gasteiger partial charge in [-0.15, -0.1) is 12.4 Å². The number of rotatable bonds is 6. The number of imidazole rings is 1. The number of halogens is 3. The summed E-state index contributed by atoms with van der Waals surface area (Å²) in [6.07, 6.45) is 3.85. The van der Waals surface area contributed by atoms with E-state index in [2.05, 4.69) is 15.2 Å². The number of amides is 1. The fourth-order valence-corrected chi connectivity index (χ4v) is 6.67. The predicted octanol–water partition coefficient (Wildman–Crippen LogP) is 2.79. The minimum atomic E-state index is -3.70. The van der Waals surface area contributed by atoms with Crippen molar-refractivity contribution in [3.8, 4) is 0 Å². The summed E-state index contributed by atoms with van der Waals surface area (Å²) >= 11 is 6.80. The molecule has 0 bridgehead atoms. The van der Waals surface area contributed by atoms with Crippen LogP contribution in [0.3, 0.4) is 0 Å². The van der Waals surface area contributed by atoms with E-state index in [1.54, 1.807) is 35.9 Å². The van der Waals surface area contributed by atoms with E-state index in [0.29, 0.717) is 37.9 Å². The van der Waals surface area contributed by atoms with Crippen molar-refractivity contribution < 1.29 is 17.6 Å². The largest absolute Gasteiger partial charge is 0.339 e. The molecule has 2 aromatic rings. The van der Waals surface area contributed by atoms with E-state index < -0.39 is 27.2 Å². The van der Waals surface area contributed by atoms with Crippen LogP contribution in [0.25, 0.3) is 0 Å². The van der Waals surface area contributed by atoms with Crippen molar-refractivity contribution in [2.24, 2.45) is 7.05 Å². The number of carbonyl (C=O) groups is 1. The van der Waals surface area contributed by atoms with Crippen molar-refractivity contribution in [2.75, 3.05) is 26.2 Å². The normalized spacial score (nSPS) is 25.3. The minimum absolute atomic E-state index is 0. The molecule has 1 aliphatic heterocycles. The molecule has 0 radical (unpaired) electrons. The fourth-order valence-electron chi connectivity index (χ4n) is 4.85. The molecule has 1 saturated heterocycles. The molecule has 12 heteroatoms. The first-order chi connectivity index (χ1) is 15.7. The second kappa shape index (κ2) is 10.9. The lowest BCUT2D eigenvalue weighted by molar-refractivity contribution is -0.00798. The van der Waals surface area contributed by atoms with Crippen LogP contribution in [0.2, 0.25) is 0 Å². The first-order valence-electron chi connectivity index (χ1n) is 11.1. The standard InChI is InChI=1S/C22H29ClFN5O3S.ClH/c1-27-15-19(25-16-27)33(31,32)29-12-10-28(11-13-29)22(9-5-8-18(24)14-22)21(23)26-20(30)17-6-3-2-4-7-17;/h2-4,6-7,15-16,18,21H,5,8-14H2,1H3,(H,26,30);1H. The molecule has 2 heterocycles. The molecule has 1 aliphatic carbocycles. The maximum Gasteiger partial charge on any atom is 0.262 e. The van der Waals surface area contributed by atoms with Crippen LogP contribution in [0.4, 0.5) is 4.39 Å². The van der Waals surface area contributed by atoms with Crippen LogP contribution in [-0.4, -0.2) is 76.5 Å². The molecule has 2 aliphatic rings. The van der Waals surface area contributed by atoms with Gasteiger partial charge in [-0.3, -0.25) is 9.69 Å². The molecule has 1 saturated carbocycles. The van der Waals surface area contributed by atoms with Crippen LogP contribution >= 0.6 is 24.0 Å². The van der Waals surface area contributed by atoms with Crippen LogP contribution in [-0.2, 0) is 17.1 Å². The predicted molar refractivity (Wildman–Crippen MR) is 130 cm³/mol. The smallest absolute Gasteiger partial charge is 0.262 e. The van der Waals surface area contributed by atoms with Gasteiger partial charge >= 0.3 is 0 Å². The third-order valence-electron chi connectivity index (χ3n) is 6.62. The highest BCUT2D eigenvalue weighted by Gasteiger charge is 2.49. The minimum Gasteiger partial charge on any atom is -0.339 e. The van der Waals surface area contributed by atoms with Crippen LogP contribution in [0.15, 0.2) is 47.9 Å². The number of nitrogens with zero attached hydrogens (tertiary/aromatic N) is 4. The second-order valence-corrected chi connectivity index (χ2v) is 11.1. The molecule has 8 nitrogen and oxygen atoms in total. The van der Waals surface area contributed by atoms with Gasteiger partial charge in [0.1, 0.15) is 11.7 Å². The van der Waals surface area contributed by atoms with Crippen LogP contribution in [0, 0.1) is 0 Å². The molecule has 1 aromatic carbocycles. The Bertz CT molecular complexity index is 1080. The average molecular weight is 534 g/mol. The van der Waals surface area contributed by atoms with Crippen LogP contribution in [0.5, 0.6) is 0 Å². The van der Waals surface area contributed by atoms with Gasteiger partial charge in [0.25, 0.3) is 15.9 Å². The van der Waals surface area contributed by atoms with Crippen LogP contribution in [0.1, 0.15) is 36.0 Å². The monoisotopic (exact) mass is 533 g/mol. The van der Waals surface area contributed by atoms with E-state index in [0.717, 1.165) is 0 Å². The Balaban J connectivity index is 0.00000324. The number of nitrogens with one attached hydrogen (secondary N) is 1. The number of hydrogen-bond donors (Lipinski definition) is 1. The zero-order valence-electron chi connectivity index (χ0n) is 18.9. The molecule has 0 spiro atoms. The van der Waals surface area contributed by atoms with Crippen molar-refractivity contribution >= 4 is 39.9 Å². The zero-order valence-corrected chi connectivity index (χ0v) is 21.3. The lowest BCUT2D eigenvalue weighted by atomic mass is 9.78. The highest BCUT2D eigenvalue weighted by atomic mass is 35.5. The first-order valence-corrected chi connectivity index (χ1v) is 13.0. The number of alkyl halides is 2. The highest BCUT2D eigenvalue weighted by Crippen LogP contribution is 2.40. The number of sulfonamides is 1. The summed E-state index contributed by atoms with van der Waals surface area (Å²) in [7, 11) is -1.99. The van der Waals surface area contributed by atoms with Gasteiger partial charge in [0.2, 0.25) is 0 Å². The summed E-state index contributed by atoms with van der Waals surface area (Å²) in [5.74, 6) is -0.313. The number of aryl methyl sites for hydroxylation is 1. The molecule has 4 rings (SSSR count). The van der Waals surface area contributed by atoms with Crippen molar-refractivity contribution in [3.05, 3.63) is 48.4 Å². The van der Waals surface area contributed by atoms with Gasteiger partial charge < -0.3 is 9.88 Å². The molecular formula is C22H30Cl2FN5O3S. The first kappa shape index (κ1) is 26.9.